The number of carbonyl (C=O) groups excluding carboxylic acids is 3. The van der Waals surface area contributed by atoms with E-state index in [-0.39, 0.29) is 36.1 Å². The van der Waals surface area contributed by atoms with E-state index in [1.807, 2.05) is 0 Å². The van der Waals surface area contributed by atoms with Crippen LogP contribution in [0, 0.1) is 5.92 Å². The Bertz CT molecular complexity index is 642. The predicted octanol–water partition coefficient (Wildman–Crippen LogP) is 3.04. The topological polar surface area (TPSA) is 66.5 Å². The number of carbonyl (C=O) groups is 3. The molecule has 1 aromatic rings. The van der Waals surface area contributed by atoms with Gasteiger partial charge in [-0.1, -0.05) is 6.92 Å². The molecule has 1 aliphatic heterocycles. The summed E-state index contributed by atoms with van der Waals surface area (Å²) >= 11 is 0. The van der Waals surface area contributed by atoms with Crippen LogP contribution in [0.4, 0.5) is 5.69 Å². The van der Waals surface area contributed by atoms with Crippen LogP contribution in [0.5, 0.6) is 0 Å². The predicted molar refractivity (Wildman–Crippen MR) is 91.7 cm³/mol. The molecule has 2 aliphatic rings. The molecule has 1 aromatic carbocycles. The molecule has 0 unspecified atom stereocenters. The van der Waals surface area contributed by atoms with Crippen molar-refractivity contribution in [3.05, 3.63) is 29.8 Å². The van der Waals surface area contributed by atoms with Crippen LogP contribution in [0.15, 0.2) is 24.3 Å². The first-order valence-corrected chi connectivity index (χ1v) is 8.66. The molecule has 0 atom stereocenters. The number of benzene rings is 1. The Morgan fingerprint density at radius 2 is 1.62 bits per heavy atom. The zero-order valence-electron chi connectivity index (χ0n) is 14.3. The van der Waals surface area contributed by atoms with Crippen LogP contribution in [0.3, 0.4) is 0 Å². The van der Waals surface area contributed by atoms with Crippen molar-refractivity contribution in [3.63, 3.8) is 0 Å². The van der Waals surface area contributed by atoms with Crippen molar-refractivity contribution in [1.82, 2.24) is 5.32 Å². The standard InChI is InChI=1S/C19H24N2O3/c1-13-9-11-19(2,12-10-13)20-18(24)14-3-5-15(6-4-14)21-16(22)7-8-17(21)23/h3-6,13H,7-12H2,1-2H3,(H,20,24). The van der Waals surface area contributed by atoms with Crippen molar-refractivity contribution in [2.24, 2.45) is 5.92 Å². The summed E-state index contributed by atoms with van der Waals surface area (Å²) in [4.78, 5) is 37.2. The van der Waals surface area contributed by atoms with Gasteiger partial charge in [-0.2, -0.15) is 0 Å². The molecule has 1 N–H and O–H groups in total. The van der Waals surface area contributed by atoms with E-state index in [2.05, 4.69) is 19.2 Å². The van der Waals surface area contributed by atoms with E-state index in [0.29, 0.717) is 11.3 Å². The second-order valence-electron chi connectivity index (χ2n) is 7.37. The van der Waals surface area contributed by atoms with E-state index < -0.39 is 0 Å². The number of nitrogens with zero attached hydrogens (tertiary/aromatic N) is 1. The van der Waals surface area contributed by atoms with Gasteiger partial charge < -0.3 is 5.32 Å². The van der Waals surface area contributed by atoms with Crippen LogP contribution >= 0.6 is 0 Å². The molecular formula is C19H24N2O3. The molecule has 3 amide bonds. The summed E-state index contributed by atoms with van der Waals surface area (Å²) in [6.07, 6.45) is 4.78. The van der Waals surface area contributed by atoms with Gasteiger partial charge in [-0.3, -0.25) is 19.3 Å². The molecule has 3 rings (SSSR count). The van der Waals surface area contributed by atoms with E-state index >= 15 is 0 Å². The van der Waals surface area contributed by atoms with Crippen molar-refractivity contribution in [2.75, 3.05) is 4.90 Å². The third-order valence-corrected chi connectivity index (χ3v) is 5.23. The molecule has 1 aliphatic carbocycles. The third-order valence-electron chi connectivity index (χ3n) is 5.23. The van der Waals surface area contributed by atoms with E-state index in [9.17, 15) is 14.4 Å². The molecule has 0 radical (unpaired) electrons. The Labute approximate surface area is 142 Å². The maximum Gasteiger partial charge on any atom is 0.251 e. The van der Waals surface area contributed by atoms with Crippen molar-refractivity contribution >= 4 is 23.4 Å². The summed E-state index contributed by atoms with van der Waals surface area (Å²) in [6, 6.07) is 6.69. The first-order chi connectivity index (χ1) is 11.4. The number of hydrogen-bond donors (Lipinski definition) is 1. The largest absolute Gasteiger partial charge is 0.347 e. The van der Waals surface area contributed by atoms with Gasteiger partial charge in [0.1, 0.15) is 0 Å². The molecule has 1 saturated heterocycles. The lowest BCUT2D eigenvalue weighted by molar-refractivity contribution is -0.121. The van der Waals surface area contributed by atoms with Crippen LogP contribution in [0.2, 0.25) is 0 Å². The van der Waals surface area contributed by atoms with Gasteiger partial charge >= 0.3 is 0 Å². The maximum absolute atomic E-state index is 12.5. The molecule has 1 heterocycles. The zero-order chi connectivity index (χ0) is 17.3. The summed E-state index contributed by atoms with van der Waals surface area (Å²) < 4.78 is 0. The summed E-state index contributed by atoms with van der Waals surface area (Å²) in [5.41, 5.74) is 0.942. The summed E-state index contributed by atoms with van der Waals surface area (Å²) in [5.74, 6) is 0.268. The number of anilines is 1. The Hall–Kier alpha value is -2.17. The Morgan fingerprint density at radius 3 is 2.17 bits per heavy atom. The fourth-order valence-electron chi connectivity index (χ4n) is 3.50. The zero-order valence-corrected chi connectivity index (χ0v) is 14.3. The smallest absolute Gasteiger partial charge is 0.251 e. The van der Waals surface area contributed by atoms with Crippen molar-refractivity contribution in [1.29, 1.82) is 0 Å². The van der Waals surface area contributed by atoms with Crippen LogP contribution in [0.25, 0.3) is 0 Å². The molecule has 5 nitrogen and oxygen atoms in total. The van der Waals surface area contributed by atoms with E-state index in [1.165, 1.54) is 4.90 Å². The normalized spacial score (nSPS) is 27.4. The number of amides is 3. The molecule has 1 saturated carbocycles. The van der Waals surface area contributed by atoms with Gasteiger partial charge in [-0.25, -0.2) is 0 Å². The summed E-state index contributed by atoms with van der Waals surface area (Å²) in [7, 11) is 0. The lowest BCUT2D eigenvalue weighted by atomic mass is 9.78. The first-order valence-electron chi connectivity index (χ1n) is 8.66. The average molecular weight is 328 g/mol. The van der Waals surface area contributed by atoms with E-state index in [4.69, 9.17) is 0 Å². The van der Waals surface area contributed by atoms with Crippen LogP contribution in [-0.2, 0) is 9.59 Å². The van der Waals surface area contributed by atoms with Crippen molar-refractivity contribution in [2.45, 2.75) is 57.9 Å². The average Bonchev–Trinajstić information content (AvgIpc) is 2.89. The van der Waals surface area contributed by atoms with Crippen LogP contribution in [0.1, 0.15) is 62.7 Å². The third kappa shape index (κ3) is 3.35. The van der Waals surface area contributed by atoms with Gasteiger partial charge in [0.2, 0.25) is 11.8 Å². The summed E-state index contributed by atoms with van der Waals surface area (Å²) in [5, 5.41) is 3.15. The molecule has 5 heteroatoms. The summed E-state index contributed by atoms with van der Waals surface area (Å²) in [6.45, 7) is 4.35. The van der Waals surface area contributed by atoms with Crippen molar-refractivity contribution in [3.8, 4) is 0 Å². The van der Waals surface area contributed by atoms with Crippen molar-refractivity contribution < 1.29 is 14.4 Å². The van der Waals surface area contributed by atoms with Gasteiger partial charge in [0.25, 0.3) is 5.91 Å². The first kappa shape index (κ1) is 16.7. The molecule has 24 heavy (non-hydrogen) atoms. The minimum atomic E-state index is -0.180. The highest BCUT2D eigenvalue weighted by molar-refractivity contribution is 6.19. The molecule has 0 aromatic heterocycles. The number of imide groups is 1. The van der Waals surface area contributed by atoms with Crippen LogP contribution in [-0.4, -0.2) is 23.3 Å². The molecule has 0 bridgehead atoms. The Kier molecular flexibility index (Phi) is 4.43. The molecule has 128 valence electrons. The highest BCUT2D eigenvalue weighted by Gasteiger charge is 2.32. The fourth-order valence-corrected chi connectivity index (χ4v) is 3.50. The lowest BCUT2D eigenvalue weighted by Crippen LogP contribution is -2.48. The van der Waals surface area contributed by atoms with Gasteiger partial charge in [-0.15, -0.1) is 0 Å². The number of hydrogen-bond acceptors (Lipinski definition) is 3. The molecular weight excluding hydrogens is 304 g/mol. The highest BCUT2D eigenvalue weighted by atomic mass is 16.2. The minimum absolute atomic E-state index is 0.0994. The fraction of sp³-hybridized carbons (Fsp3) is 0.526. The second kappa shape index (κ2) is 6.38. The van der Waals surface area contributed by atoms with Crippen LogP contribution < -0.4 is 10.2 Å². The highest BCUT2D eigenvalue weighted by Crippen LogP contribution is 2.31. The van der Waals surface area contributed by atoms with Gasteiger partial charge in [0, 0.05) is 23.9 Å². The Morgan fingerprint density at radius 1 is 1.08 bits per heavy atom. The molecule has 2 fully saturated rings. The number of rotatable bonds is 3. The quantitative estimate of drug-likeness (QED) is 0.867. The Balaban J connectivity index is 1.68. The van der Waals surface area contributed by atoms with Gasteiger partial charge in [0.15, 0.2) is 0 Å². The second-order valence-corrected chi connectivity index (χ2v) is 7.37. The number of nitrogens with one attached hydrogen (secondary N) is 1. The maximum atomic E-state index is 12.5. The monoisotopic (exact) mass is 328 g/mol. The SMILES string of the molecule is CC1CCC(C)(NC(=O)c2ccc(N3C(=O)CCC3=O)cc2)CC1. The van der Waals surface area contributed by atoms with Gasteiger partial charge in [0.05, 0.1) is 5.69 Å². The lowest BCUT2D eigenvalue weighted by Gasteiger charge is -2.37. The van der Waals surface area contributed by atoms with E-state index in [0.717, 1.165) is 31.6 Å². The van der Waals surface area contributed by atoms with E-state index in [1.54, 1.807) is 24.3 Å². The minimum Gasteiger partial charge on any atom is -0.347 e. The molecule has 0 spiro atoms. The van der Waals surface area contributed by atoms with Gasteiger partial charge in [-0.05, 0) is 62.8 Å².